The number of anilines is 6. The molecule has 0 saturated heterocycles. The molecule has 4 nitrogen and oxygen atoms in total. The monoisotopic (exact) mass is 722 g/mol. The van der Waals surface area contributed by atoms with E-state index in [4.69, 9.17) is 8.83 Å². The molecular formula is C52H38N2O2. The summed E-state index contributed by atoms with van der Waals surface area (Å²) in [5.41, 5.74) is 15.3. The van der Waals surface area contributed by atoms with Crippen molar-refractivity contribution in [1.82, 2.24) is 0 Å². The summed E-state index contributed by atoms with van der Waals surface area (Å²) in [5, 5.41) is 6.67. The van der Waals surface area contributed by atoms with E-state index >= 15 is 0 Å². The molecule has 0 radical (unpaired) electrons. The van der Waals surface area contributed by atoms with Crippen LogP contribution in [0.15, 0.2) is 167 Å². The summed E-state index contributed by atoms with van der Waals surface area (Å²) in [6, 6.07) is 57.2. The molecule has 0 N–H and O–H groups in total. The topological polar surface area (TPSA) is 32.8 Å². The Morgan fingerprint density at radius 1 is 0.339 bits per heavy atom. The van der Waals surface area contributed by atoms with E-state index in [1.54, 1.807) is 0 Å². The molecule has 0 atom stereocenters. The number of hydrogen-bond donors (Lipinski definition) is 0. The minimum Gasteiger partial charge on any atom is -0.456 e. The maximum absolute atomic E-state index is 6.77. The molecule has 0 fully saturated rings. The van der Waals surface area contributed by atoms with Gasteiger partial charge in [-0.2, -0.15) is 0 Å². The second-order valence-electron chi connectivity index (χ2n) is 16.6. The van der Waals surface area contributed by atoms with Gasteiger partial charge < -0.3 is 18.6 Å². The van der Waals surface area contributed by atoms with E-state index in [0.29, 0.717) is 0 Å². The van der Waals surface area contributed by atoms with E-state index < -0.39 is 0 Å². The van der Waals surface area contributed by atoms with Gasteiger partial charge in [-0.05, 0) is 118 Å². The highest BCUT2D eigenvalue weighted by Crippen LogP contribution is 2.55. The molecule has 4 heterocycles. The molecule has 268 valence electrons. The third-order valence-electron chi connectivity index (χ3n) is 12.7. The Labute approximate surface area is 324 Å². The van der Waals surface area contributed by atoms with Gasteiger partial charge in [0.05, 0.1) is 22.7 Å². The van der Waals surface area contributed by atoms with Gasteiger partial charge in [-0.15, -0.1) is 0 Å². The highest BCUT2D eigenvalue weighted by atomic mass is 16.3. The fourth-order valence-electron chi connectivity index (χ4n) is 9.89. The molecule has 2 aliphatic heterocycles. The van der Waals surface area contributed by atoms with Gasteiger partial charge in [0, 0.05) is 43.7 Å². The Morgan fingerprint density at radius 2 is 0.696 bits per heavy atom. The number of furan rings is 2. The normalized spacial score (nSPS) is 15.4. The maximum Gasteiger partial charge on any atom is 0.136 e. The van der Waals surface area contributed by atoms with Crippen LogP contribution in [0.1, 0.15) is 49.9 Å². The summed E-state index contributed by atoms with van der Waals surface area (Å²) < 4.78 is 13.5. The summed E-state index contributed by atoms with van der Waals surface area (Å²) >= 11 is 0. The molecule has 8 aromatic carbocycles. The Kier molecular flexibility index (Phi) is 6.15. The lowest BCUT2D eigenvalue weighted by Crippen LogP contribution is -2.30. The standard InChI is InChI=1S/C52H38N2O2/c1-51(2)39-19-11-13-21-43(39)53(33-15-7-5-8-16-33)45-27-37-35-23-31-26-48-36(24-32(31)25-47(35)55-49(37)29-41(45)51)38-28-46-42(30-50(38)56-48)52(3,4)40-20-12-14-22-44(40)54(46)34-17-9-6-10-18-34/h5-30H,1-4H3. The lowest BCUT2D eigenvalue weighted by molar-refractivity contribution is 0.625. The molecule has 0 saturated carbocycles. The van der Waals surface area contributed by atoms with Crippen LogP contribution in [-0.2, 0) is 10.8 Å². The van der Waals surface area contributed by atoms with Crippen LogP contribution in [0.4, 0.5) is 34.1 Å². The minimum atomic E-state index is -0.215. The zero-order chi connectivity index (χ0) is 37.5. The van der Waals surface area contributed by atoms with Crippen molar-refractivity contribution in [2.45, 2.75) is 38.5 Å². The van der Waals surface area contributed by atoms with Crippen LogP contribution in [-0.4, -0.2) is 0 Å². The number of rotatable bonds is 2. The SMILES string of the molecule is CC1(C)c2ccccc2N(c2ccccc2)c2cc3c(cc21)oc1cc2cc4c(cc2cc13)oc1cc2c(cc14)N(c1ccccc1)c1ccccc1C2(C)C. The first-order valence-corrected chi connectivity index (χ1v) is 19.5. The molecule has 2 aliphatic rings. The maximum atomic E-state index is 6.77. The predicted octanol–water partition coefficient (Wildman–Crippen LogP) is 14.9. The van der Waals surface area contributed by atoms with Gasteiger partial charge >= 0.3 is 0 Å². The molecule has 12 rings (SSSR count). The predicted molar refractivity (Wildman–Crippen MR) is 232 cm³/mol. The van der Waals surface area contributed by atoms with Gasteiger partial charge in [-0.3, -0.25) is 0 Å². The van der Waals surface area contributed by atoms with E-state index in [9.17, 15) is 0 Å². The molecule has 10 aromatic rings. The lowest BCUT2D eigenvalue weighted by atomic mass is 9.73. The third kappa shape index (κ3) is 4.19. The van der Waals surface area contributed by atoms with Crippen molar-refractivity contribution in [1.29, 1.82) is 0 Å². The second-order valence-corrected chi connectivity index (χ2v) is 16.6. The van der Waals surface area contributed by atoms with Crippen molar-refractivity contribution in [3.63, 3.8) is 0 Å². The van der Waals surface area contributed by atoms with Crippen molar-refractivity contribution < 1.29 is 8.83 Å². The zero-order valence-electron chi connectivity index (χ0n) is 31.7. The van der Waals surface area contributed by atoms with Crippen LogP contribution in [0, 0.1) is 0 Å². The van der Waals surface area contributed by atoms with Crippen molar-refractivity contribution in [3.05, 3.63) is 180 Å². The van der Waals surface area contributed by atoms with Crippen LogP contribution in [0.2, 0.25) is 0 Å². The van der Waals surface area contributed by atoms with E-state index in [1.807, 2.05) is 0 Å². The zero-order valence-corrected chi connectivity index (χ0v) is 31.7. The van der Waals surface area contributed by atoms with Gasteiger partial charge in [0.15, 0.2) is 0 Å². The van der Waals surface area contributed by atoms with Crippen LogP contribution >= 0.6 is 0 Å². The second kappa shape index (κ2) is 10.9. The van der Waals surface area contributed by atoms with Gasteiger partial charge in [0.25, 0.3) is 0 Å². The van der Waals surface area contributed by atoms with Gasteiger partial charge in [0.1, 0.15) is 22.3 Å². The van der Waals surface area contributed by atoms with Crippen LogP contribution < -0.4 is 9.80 Å². The number of para-hydroxylation sites is 4. The number of nitrogens with zero attached hydrogens (tertiary/aromatic N) is 2. The van der Waals surface area contributed by atoms with E-state index in [2.05, 4.69) is 195 Å². The molecule has 56 heavy (non-hydrogen) atoms. The Bertz CT molecular complexity index is 3040. The fourth-order valence-corrected chi connectivity index (χ4v) is 9.89. The fraction of sp³-hybridized carbons (Fsp3) is 0.115. The van der Waals surface area contributed by atoms with E-state index in [-0.39, 0.29) is 10.8 Å². The molecule has 0 amide bonds. The van der Waals surface area contributed by atoms with Gasteiger partial charge in [-0.1, -0.05) is 100 Å². The van der Waals surface area contributed by atoms with Crippen molar-refractivity contribution in [2.24, 2.45) is 0 Å². The average Bonchev–Trinajstić information content (AvgIpc) is 3.75. The first-order valence-electron chi connectivity index (χ1n) is 19.5. The number of fused-ring (bicyclic) bond motifs is 11. The summed E-state index contributed by atoms with van der Waals surface area (Å²) in [5.74, 6) is 0. The minimum absolute atomic E-state index is 0.215. The molecule has 0 bridgehead atoms. The molecule has 4 heteroatoms. The van der Waals surface area contributed by atoms with E-state index in [0.717, 1.165) is 66.0 Å². The molecule has 0 aliphatic carbocycles. The largest absolute Gasteiger partial charge is 0.456 e. The van der Waals surface area contributed by atoms with Crippen LogP contribution in [0.3, 0.4) is 0 Å². The average molecular weight is 723 g/mol. The highest BCUT2D eigenvalue weighted by molar-refractivity contribution is 6.16. The quantitative estimate of drug-likeness (QED) is 0.178. The summed E-state index contributed by atoms with van der Waals surface area (Å²) in [7, 11) is 0. The smallest absolute Gasteiger partial charge is 0.136 e. The lowest BCUT2D eigenvalue weighted by Gasteiger charge is -2.42. The van der Waals surface area contributed by atoms with Crippen molar-refractivity contribution in [3.8, 4) is 0 Å². The molecule has 0 spiro atoms. The highest BCUT2D eigenvalue weighted by Gasteiger charge is 2.39. The summed E-state index contributed by atoms with van der Waals surface area (Å²) in [6.07, 6.45) is 0. The Morgan fingerprint density at radius 3 is 1.12 bits per heavy atom. The molecule has 0 unspecified atom stereocenters. The van der Waals surface area contributed by atoms with Crippen LogP contribution in [0.25, 0.3) is 54.6 Å². The Hall–Kier alpha value is -6.78. The first-order chi connectivity index (χ1) is 27.3. The van der Waals surface area contributed by atoms with Crippen molar-refractivity contribution in [2.75, 3.05) is 9.80 Å². The first kappa shape index (κ1) is 31.6. The van der Waals surface area contributed by atoms with Crippen LogP contribution in [0.5, 0.6) is 0 Å². The Balaban J connectivity index is 1.07. The molecular weight excluding hydrogens is 685 g/mol. The summed E-state index contributed by atoms with van der Waals surface area (Å²) in [6.45, 7) is 9.30. The third-order valence-corrected chi connectivity index (χ3v) is 12.7. The molecule has 2 aromatic heterocycles. The van der Waals surface area contributed by atoms with E-state index in [1.165, 1.54) is 45.0 Å². The number of hydrogen-bond acceptors (Lipinski definition) is 4. The van der Waals surface area contributed by atoms with Gasteiger partial charge in [0.2, 0.25) is 0 Å². The summed E-state index contributed by atoms with van der Waals surface area (Å²) in [4.78, 5) is 4.82. The number of benzene rings is 8. The van der Waals surface area contributed by atoms with Crippen molar-refractivity contribution >= 4 is 88.8 Å². The van der Waals surface area contributed by atoms with Gasteiger partial charge in [-0.25, -0.2) is 0 Å².